The van der Waals surface area contributed by atoms with Crippen LogP contribution in [0, 0.1) is 5.92 Å². The number of rotatable bonds is 7. The number of aromatic nitrogens is 2. The summed E-state index contributed by atoms with van der Waals surface area (Å²) >= 11 is 6.12. The standard InChI is InChI=1S/C20H17ClN2O6/c21-14-3-1-2-13-16(24)10-17(29-19(13)14)15-4-5-18(23-22-15)28-7-6-27-12-8-11(9-12)20(25)26/h1-5,10-12H,6-9H2,(H,25,26). The molecule has 1 N–H and O–H groups in total. The number of aliphatic carboxylic acids is 1. The summed E-state index contributed by atoms with van der Waals surface area (Å²) < 4.78 is 16.7. The molecule has 1 fully saturated rings. The van der Waals surface area contributed by atoms with Crippen molar-refractivity contribution in [2.45, 2.75) is 18.9 Å². The van der Waals surface area contributed by atoms with Gasteiger partial charge in [-0.1, -0.05) is 17.7 Å². The topological polar surface area (TPSA) is 112 Å². The molecule has 2 aromatic heterocycles. The lowest BCUT2D eigenvalue weighted by Crippen LogP contribution is -2.37. The van der Waals surface area contributed by atoms with Crippen LogP contribution in [-0.2, 0) is 9.53 Å². The van der Waals surface area contributed by atoms with Crippen molar-refractivity contribution < 1.29 is 23.8 Å². The Kier molecular flexibility index (Phi) is 5.46. The van der Waals surface area contributed by atoms with Crippen LogP contribution in [0.5, 0.6) is 5.88 Å². The lowest BCUT2D eigenvalue weighted by atomic mass is 9.82. The zero-order valence-corrected chi connectivity index (χ0v) is 16.0. The van der Waals surface area contributed by atoms with Crippen LogP contribution < -0.4 is 10.2 Å². The summed E-state index contributed by atoms with van der Waals surface area (Å²) in [7, 11) is 0. The van der Waals surface area contributed by atoms with Gasteiger partial charge in [0, 0.05) is 12.1 Å². The zero-order valence-electron chi connectivity index (χ0n) is 15.2. The zero-order chi connectivity index (χ0) is 20.4. The fourth-order valence-electron chi connectivity index (χ4n) is 3.06. The van der Waals surface area contributed by atoms with Gasteiger partial charge in [-0.3, -0.25) is 9.59 Å². The van der Waals surface area contributed by atoms with Crippen molar-refractivity contribution in [3.63, 3.8) is 0 Å². The number of carboxylic acid groups (broad SMARTS) is 1. The van der Waals surface area contributed by atoms with Gasteiger partial charge in [0.2, 0.25) is 5.88 Å². The molecule has 0 unspecified atom stereocenters. The molecule has 0 radical (unpaired) electrons. The molecule has 3 aromatic rings. The maximum Gasteiger partial charge on any atom is 0.306 e. The minimum Gasteiger partial charge on any atom is -0.481 e. The molecular weight excluding hydrogens is 400 g/mol. The monoisotopic (exact) mass is 416 g/mol. The van der Waals surface area contributed by atoms with Crippen LogP contribution in [0.25, 0.3) is 22.4 Å². The fourth-order valence-corrected chi connectivity index (χ4v) is 3.27. The summed E-state index contributed by atoms with van der Waals surface area (Å²) in [6.07, 6.45) is 1.03. The molecule has 9 heteroatoms. The van der Waals surface area contributed by atoms with Gasteiger partial charge < -0.3 is 19.0 Å². The van der Waals surface area contributed by atoms with E-state index in [-0.39, 0.29) is 29.8 Å². The highest BCUT2D eigenvalue weighted by Gasteiger charge is 2.34. The summed E-state index contributed by atoms with van der Waals surface area (Å²) in [6.45, 7) is 0.599. The van der Waals surface area contributed by atoms with E-state index >= 15 is 0 Å². The molecule has 29 heavy (non-hydrogen) atoms. The number of carboxylic acids is 1. The van der Waals surface area contributed by atoms with Gasteiger partial charge in [-0.2, -0.15) is 0 Å². The summed E-state index contributed by atoms with van der Waals surface area (Å²) in [5.41, 5.74) is 0.461. The molecular formula is C20H17ClN2O6. The average Bonchev–Trinajstić information content (AvgIpc) is 2.67. The molecule has 150 valence electrons. The van der Waals surface area contributed by atoms with Crippen LogP contribution in [0.15, 0.2) is 45.6 Å². The van der Waals surface area contributed by atoms with Crippen LogP contribution in [0.1, 0.15) is 12.8 Å². The third-order valence-electron chi connectivity index (χ3n) is 4.73. The van der Waals surface area contributed by atoms with Gasteiger partial charge >= 0.3 is 5.97 Å². The Hall–Kier alpha value is -2.97. The lowest BCUT2D eigenvalue weighted by molar-refractivity contribution is -0.151. The van der Waals surface area contributed by atoms with Gasteiger partial charge in [0.15, 0.2) is 16.8 Å². The quantitative estimate of drug-likeness (QED) is 0.584. The van der Waals surface area contributed by atoms with E-state index in [2.05, 4.69) is 10.2 Å². The van der Waals surface area contributed by atoms with Crippen LogP contribution in [-0.4, -0.2) is 40.6 Å². The third-order valence-corrected chi connectivity index (χ3v) is 5.03. The van der Waals surface area contributed by atoms with E-state index < -0.39 is 5.97 Å². The first-order valence-corrected chi connectivity index (χ1v) is 9.43. The Morgan fingerprint density at radius 2 is 2.03 bits per heavy atom. The van der Waals surface area contributed by atoms with Crippen molar-refractivity contribution in [1.29, 1.82) is 0 Å². The number of hydrogen-bond acceptors (Lipinski definition) is 7. The minimum atomic E-state index is -0.777. The number of hydrogen-bond donors (Lipinski definition) is 1. The molecule has 0 amide bonds. The highest BCUT2D eigenvalue weighted by molar-refractivity contribution is 6.34. The number of carbonyl (C=O) groups is 1. The normalized spacial score (nSPS) is 18.4. The van der Waals surface area contributed by atoms with Crippen molar-refractivity contribution in [2.75, 3.05) is 13.2 Å². The number of nitrogens with zero attached hydrogens (tertiary/aromatic N) is 2. The predicted molar refractivity (Wildman–Crippen MR) is 104 cm³/mol. The maximum absolute atomic E-state index is 12.3. The SMILES string of the molecule is O=C(O)C1CC(OCCOc2ccc(-c3cc(=O)c4cccc(Cl)c4o3)nn2)C1. The van der Waals surface area contributed by atoms with Gasteiger partial charge in [0.1, 0.15) is 12.3 Å². The van der Waals surface area contributed by atoms with Gasteiger partial charge in [-0.05, 0) is 31.0 Å². The second-order valence-corrected chi connectivity index (χ2v) is 7.10. The van der Waals surface area contributed by atoms with E-state index in [0.29, 0.717) is 47.0 Å². The highest BCUT2D eigenvalue weighted by atomic mass is 35.5. The Morgan fingerprint density at radius 3 is 2.76 bits per heavy atom. The van der Waals surface area contributed by atoms with Crippen molar-refractivity contribution in [3.05, 3.63) is 51.6 Å². The molecule has 0 bridgehead atoms. The molecule has 1 aliphatic rings. The van der Waals surface area contributed by atoms with E-state index in [0.717, 1.165) is 0 Å². The molecule has 1 aromatic carbocycles. The number of fused-ring (bicyclic) bond motifs is 1. The molecule has 1 saturated carbocycles. The van der Waals surface area contributed by atoms with E-state index in [1.54, 1.807) is 30.3 Å². The van der Waals surface area contributed by atoms with E-state index in [4.69, 9.17) is 30.6 Å². The van der Waals surface area contributed by atoms with Gasteiger partial charge in [0.05, 0.1) is 29.0 Å². The second kappa shape index (κ2) is 8.18. The predicted octanol–water partition coefficient (Wildman–Crippen LogP) is 3.16. The number of halogens is 1. The van der Waals surface area contributed by atoms with E-state index in [9.17, 15) is 9.59 Å². The van der Waals surface area contributed by atoms with Gasteiger partial charge in [-0.25, -0.2) is 0 Å². The maximum atomic E-state index is 12.3. The van der Waals surface area contributed by atoms with Crippen LogP contribution in [0.4, 0.5) is 0 Å². The number of benzene rings is 1. The smallest absolute Gasteiger partial charge is 0.306 e. The van der Waals surface area contributed by atoms with E-state index in [1.807, 2.05) is 0 Å². The first-order chi connectivity index (χ1) is 14.0. The molecule has 0 saturated heterocycles. The fraction of sp³-hybridized carbons (Fsp3) is 0.300. The van der Waals surface area contributed by atoms with Crippen LogP contribution in [0.3, 0.4) is 0 Å². The summed E-state index contributed by atoms with van der Waals surface area (Å²) in [4.78, 5) is 23.0. The summed E-state index contributed by atoms with van der Waals surface area (Å²) in [5, 5.41) is 17.6. The molecule has 4 rings (SSSR count). The van der Waals surface area contributed by atoms with Crippen molar-refractivity contribution in [3.8, 4) is 17.3 Å². The van der Waals surface area contributed by atoms with Crippen molar-refractivity contribution >= 4 is 28.5 Å². The van der Waals surface area contributed by atoms with Gasteiger partial charge in [0.25, 0.3) is 0 Å². The number of ether oxygens (including phenoxy) is 2. The molecule has 1 aliphatic carbocycles. The van der Waals surface area contributed by atoms with Crippen LogP contribution in [0.2, 0.25) is 5.02 Å². The van der Waals surface area contributed by atoms with Crippen molar-refractivity contribution in [1.82, 2.24) is 10.2 Å². The average molecular weight is 417 g/mol. The van der Waals surface area contributed by atoms with Crippen LogP contribution >= 0.6 is 11.6 Å². The Bertz CT molecular complexity index is 1090. The molecule has 0 atom stereocenters. The minimum absolute atomic E-state index is 0.0317. The van der Waals surface area contributed by atoms with Crippen molar-refractivity contribution in [2.24, 2.45) is 5.92 Å². The first kappa shape index (κ1) is 19.4. The number of para-hydroxylation sites is 1. The van der Waals surface area contributed by atoms with E-state index in [1.165, 1.54) is 6.07 Å². The Morgan fingerprint density at radius 1 is 1.21 bits per heavy atom. The van der Waals surface area contributed by atoms with Gasteiger partial charge in [-0.15, -0.1) is 10.2 Å². The molecule has 8 nitrogen and oxygen atoms in total. The first-order valence-electron chi connectivity index (χ1n) is 9.05. The Balaban J connectivity index is 1.35. The summed E-state index contributed by atoms with van der Waals surface area (Å²) in [5.74, 6) is -0.517. The molecule has 0 spiro atoms. The molecule has 2 heterocycles. The molecule has 0 aliphatic heterocycles. The third kappa shape index (κ3) is 4.23. The summed E-state index contributed by atoms with van der Waals surface area (Å²) in [6, 6.07) is 9.57. The Labute approximate surface area is 170 Å². The lowest BCUT2D eigenvalue weighted by Gasteiger charge is -2.31. The second-order valence-electron chi connectivity index (χ2n) is 6.70. The largest absolute Gasteiger partial charge is 0.481 e. The highest BCUT2D eigenvalue weighted by Crippen LogP contribution is 2.30.